The maximum absolute atomic E-state index is 13.1. The van der Waals surface area contributed by atoms with Gasteiger partial charge in [-0.15, -0.1) is 0 Å². The SMILES string of the molecule is CS(=O)(=O)CCS(=O)(=O)Nc1cc(F)c(F)cc1C(=O)O. The van der Waals surface area contributed by atoms with Crippen LogP contribution in [0.2, 0.25) is 0 Å². The molecular weight excluding hydrogens is 332 g/mol. The number of aromatic carboxylic acids is 1. The van der Waals surface area contributed by atoms with Crippen molar-refractivity contribution in [3.8, 4) is 0 Å². The van der Waals surface area contributed by atoms with Crippen molar-refractivity contribution in [3.05, 3.63) is 29.3 Å². The number of carbonyl (C=O) groups is 1. The number of carboxylic acids is 1. The first-order valence-corrected chi connectivity index (χ1v) is 9.03. The highest BCUT2D eigenvalue weighted by molar-refractivity contribution is 7.95. The lowest BCUT2D eigenvalue weighted by Gasteiger charge is -2.10. The van der Waals surface area contributed by atoms with E-state index in [1.54, 1.807) is 4.72 Å². The van der Waals surface area contributed by atoms with E-state index in [-0.39, 0.29) is 0 Å². The summed E-state index contributed by atoms with van der Waals surface area (Å²) in [6.45, 7) is 0. The van der Waals surface area contributed by atoms with Crippen molar-refractivity contribution < 1.29 is 35.5 Å². The molecule has 7 nitrogen and oxygen atoms in total. The molecule has 0 fully saturated rings. The van der Waals surface area contributed by atoms with Crippen LogP contribution in [0.5, 0.6) is 0 Å². The standard InChI is InChI=1S/C10H11F2NO6S2/c1-20(16,17)2-3-21(18,19)13-9-5-8(12)7(11)4-6(9)10(14)15/h4-5,13H,2-3H2,1H3,(H,14,15). The normalized spacial score (nSPS) is 12.1. The van der Waals surface area contributed by atoms with Gasteiger partial charge in [0.1, 0.15) is 9.84 Å². The number of hydrogen-bond acceptors (Lipinski definition) is 5. The molecule has 0 radical (unpaired) electrons. The van der Waals surface area contributed by atoms with Gasteiger partial charge in [0.2, 0.25) is 10.0 Å². The number of sulfone groups is 1. The van der Waals surface area contributed by atoms with E-state index in [1.807, 2.05) is 0 Å². The zero-order valence-corrected chi connectivity index (χ0v) is 12.3. The number of sulfonamides is 1. The molecule has 0 heterocycles. The second-order valence-corrected chi connectivity index (χ2v) is 8.27. The Hall–Kier alpha value is -1.75. The molecule has 0 bridgehead atoms. The second kappa shape index (κ2) is 5.93. The van der Waals surface area contributed by atoms with Crippen LogP contribution in [-0.2, 0) is 19.9 Å². The van der Waals surface area contributed by atoms with E-state index in [0.717, 1.165) is 6.26 Å². The van der Waals surface area contributed by atoms with E-state index < -0.39 is 60.2 Å². The van der Waals surface area contributed by atoms with Crippen LogP contribution in [0.3, 0.4) is 0 Å². The van der Waals surface area contributed by atoms with Crippen molar-refractivity contribution in [3.63, 3.8) is 0 Å². The third kappa shape index (κ3) is 5.27. The van der Waals surface area contributed by atoms with E-state index in [9.17, 15) is 30.4 Å². The highest BCUT2D eigenvalue weighted by atomic mass is 32.2. The Morgan fingerprint density at radius 1 is 1.14 bits per heavy atom. The van der Waals surface area contributed by atoms with Crippen molar-refractivity contribution in [1.29, 1.82) is 0 Å². The van der Waals surface area contributed by atoms with E-state index in [0.29, 0.717) is 12.1 Å². The third-order valence-corrected chi connectivity index (χ3v) is 4.76. The van der Waals surface area contributed by atoms with Crippen molar-refractivity contribution in [1.82, 2.24) is 0 Å². The molecule has 1 rings (SSSR count). The molecule has 0 saturated heterocycles. The van der Waals surface area contributed by atoms with Crippen LogP contribution < -0.4 is 4.72 Å². The van der Waals surface area contributed by atoms with Crippen LogP contribution in [-0.4, -0.2) is 45.7 Å². The lowest BCUT2D eigenvalue weighted by Crippen LogP contribution is -2.23. The van der Waals surface area contributed by atoms with Gasteiger partial charge in [0.15, 0.2) is 11.6 Å². The molecule has 0 spiro atoms. The van der Waals surface area contributed by atoms with E-state index in [4.69, 9.17) is 5.11 Å². The number of anilines is 1. The van der Waals surface area contributed by atoms with E-state index in [1.165, 1.54) is 0 Å². The minimum absolute atomic E-state index is 0.325. The summed E-state index contributed by atoms with van der Waals surface area (Å²) in [4.78, 5) is 10.9. The Morgan fingerprint density at radius 3 is 2.14 bits per heavy atom. The molecule has 1 aromatic carbocycles. The smallest absolute Gasteiger partial charge is 0.337 e. The Morgan fingerprint density at radius 2 is 1.67 bits per heavy atom. The molecule has 0 aliphatic rings. The fourth-order valence-corrected chi connectivity index (χ4v) is 3.98. The summed E-state index contributed by atoms with van der Waals surface area (Å²) in [5.41, 5.74) is -1.48. The molecule has 0 saturated carbocycles. The van der Waals surface area contributed by atoms with Crippen molar-refractivity contribution in [2.24, 2.45) is 0 Å². The number of benzene rings is 1. The van der Waals surface area contributed by atoms with E-state index >= 15 is 0 Å². The monoisotopic (exact) mass is 343 g/mol. The second-order valence-electron chi connectivity index (χ2n) is 4.17. The molecule has 118 valence electrons. The van der Waals surface area contributed by atoms with Crippen LogP contribution in [0.1, 0.15) is 10.4 Å². The lowest BCUT2D eigenvalue weighted by atomic mass is 10.2. The fourth-order valence-electron chi connectivity index (χ4n) is 1.29. The van der Waals surface area contributed by atoms with Gasteiger partial charge in [-0.25, -0.2) is 30.4 Å². The summed E-state index contributed by atoms with van der Waals surface area (Å²) in [6.07, 6.45) is 0.822. The van der Waals surface area contributed by atoms with Crippen LogP contribution >= 0.6 is 0 Å². The van der Waals surface area contributed by atoms with Gasteiger partial charge >= 0.3 is 5.97 Å². The zero-order valence-electron chi connectivity index (χ0n) is 10.6. The van der Waals surface area contributed by atoms with Crippen LogP contribution in [0.4, 0.5) is 14.5 Å². The van der Waals surface area contributed by atoms with Gasteiger partial charge in [-0.3, -0.25) is 4.72 Å². The Bertz CT molecular complexity index is 773. The van der Waals surface area contributed by atoms with Crippen molar-refractivity contribution in [2.45, 2.75) is 0 Å². The van der Waals surface area contributed by atoms with Gasteiger partial charge in [-0.2, -0.15) is 0 Å². The van der Waals surface area contributed by atoms with Crippen LogP contribution in [0.25, 0.3) is 0 Å². The number of halogens is 2. The van der Waals surface area contributed by atoms with Gasteiger partial charge in [0.05, 0.1) is 22.8 Å². The molecule has 0 amide bonds. The van der Waals surface area contributed by atoms with E-state index in [2.05, 4.69) is 0 Å². The first kappa shape index (κ1) is 17.3. The highest BCUT2D eigenvalue weighted by Crippen LogP contribution is 2.21. The lowest BCUT2D eigenvalue weighted by molar-refractivity contribution is 0.0697. The predicted octanol–water partition coefficient (Wildman–Crippen LogP) is 0.449. The maximum Gasteiger partial charge on any atom is 0.337 e. The summed E-state index contributed by atoms with van der Waals surface area (Å²) in [5.74, 6) is -6.11. The topological polar surface area (TPSA) is 118 Å². The fraction of sp³-hybridized carbons (Fsp3) is 0.300. The molecule has 2 N–H and O–H groups in total. The number of hydrogen-bond donors (Lipinski definition) is 2. The molecule has 21 heavy (non-hydrogen) atoms. The number of carboxylic acid groups (broad SMARTS) is 1. The predicted molar refractivity (Wildman–Crippen MR) is 70.4 cm³/mol. The molecule has 1 aromatic rings. The zero-order chi connectivity index (χ0) is 16.4. The molecule has 0 aliphatic heterocycles. The highest BCUT2D eigenvalue weighted by Gasteiger charge is 2.21. The molecular formula is C10H11F2NO6S2. The van der Waals surface area contributed by atoms with Gasteiger partial charge in [0.25, 0.3) is 0 Å². The molecule has 0 unspecified atom stereocenters. The first-order chi connectivity index (χ1) is 9.41. The largest absolute Gasteiger partial charge is 0.478 e. The first-order valence-electron chi connectivity index (χ1n) is 5.32. The van der Waals surface area contributed by atoms with Gasteiger partial charge in [0, 0.05) is 12.3 Å². The summed E-state index contributed by atoms with van der Waals surface area (Å²) < 4.78 is 72.8. The Balaban J connectivity index is 3.12. The van der Waals surface area contributed by atoms with Crippen LogP contribution in [0.15, 0.2) is 12.1 Å². The molecule has 0 aliphatic carbocycles. The summed E-state index contributed by atoms with van der Waals surface area (Å²) in [7, 11) is -7.80. The third-order valence-electron chi connectivity index (χ3n) is 2.28. The average Bonchev–Trinajstić information content (AvgIpc) is 2.29. The van der Waals surface area contributed by atoms with Crippen LogP contribution in [0, 0.1) is 11.6 Å². The van der Waals surface area contributed by atoms with Gasteiger partial charge in [-0.05, 0) is 6.07 Å². The molecule has 0 aromatic heterocycles. The maximum atomic E-state index is 13.1. The number of rotatable bonds is 6. The van der Waals surface area contributed by atoms with Crippen molar-refractivity contribution >= 4 is 31.5 Å². The molecule has 0 atom stereocenters. The minimum atomic E-state index is -4.24. The summed E-state index contributed by atoms with van der Waals surface area (Å²) >= 11 is 0. The number of nitrogens with one attached hydrogen (secondary N) is 1. The Kier molecular flexibility index (Phi) is 4.89. The minimum Gasteiger partial charge on any atom is -0.478 e. The summed E-state index contributed by atoms with van der Waals surface area (Å²) in [6, 6.07) is 0.697. The Labute approximate surface area is 119 Å². The average molecular weight is 343 g/mol. The summed E-state index contributed by atoms with van der Waals surface area (Å²) in [5, 5.41) is 8.82. The van der Waals surface area contributed by atoms with Gasteiger partial charge in [-0.1, -0.05) is 0 Å². The van der Waals surface area contributed by atoms with Crippen molar-refractivity contribution in [2.75, 3.05) is 22.5 Å². The van der Waals surface area contributed by atoms with Gasteiger partial charge < -0.3 is 5.11 Å². The quantitative estimate of drug-likeness (QED) is 0.774. The molecule has 11 heteroatoms.